The van der Waals surface area contributed by atoms with E-state index in [4.69, 9.17) is 0 Å². The highest BCUT2D eigenvalue weighted by molar-refractivity contribution is 5.91. The van der Waals surface area contributed by atoms with E-state index in [1.54, 1.807) is 23.3 Å². The van der Waals surface area contributed by atoms with Crippen molar-refractivity contribution < 1.29 is 4.79 Å². The van der Waals surface area contributed by atoms with Crippen molar-refractivity contribution >= 4 is 11.7 Å². The van der Waals surface area contributed by atoms with Crippen molar-refractivity contribution in [2.45, 2.75) is 6.54 Å². The molecule has 1 amide bonds. The van der Waals surface area contributed by atoms with Crippen LogP contribution in [0.3, 0.4) is 0 Å². The summed E-state index contributed by atoms with van der Waals surface area (Å²) in [7, 11) is 0. The van der Waals surface area contributed by atoms with Crippen molar-refractivity contribution in [2.75, 3.05) is 38.0 Å². The summed E-state index contributed by atoms with van der Waals surface area (Å²) in [5.74, 6) is 0.495. The van der Waals surface area contributed by atoms with Gasteiger partial charge in [0.15, 0.2) is 0 Å². The third-order valence-electron chi connectivity index (χ3n) is 4.78. The summed E-state index contributed by atoms with van der Waals surface area (Å²) in [6, 6.07) is 14.1. The number of piperazine rings is 1. The molecule has 0 aliphatic carbocycles. The third-order valence-corrected chi connectivity index (χ3v) is 4.78. The van der Waals surface area contributed by atoms with Gasteiger partial charge in [0.25, 0.3) is 0 Å². The van der Waals surface area contributed by atoms with Crippen molar-refractivity contribution in [3.05, 3.63) is 66.9 Å². The lowest BCUT2D eigenvalue weighted by Gasteiger charge is -2.34. The minimum absolute atomic E-state index is 0.0440. The molecular weight excluding hydrogens is 354 g/mol. The van der Waals surface area contributed by atoms with E-state index in [0.29, 0.717) is 12.4 Å². The van der Waals surface area contributed by atoms with Gasteiger partial charge in [-0.1, -0.05) is 30.3 Å². The molecule has 4 rings (SSSR count). The van der Waals surface area contributed by atoms with Crippen LogP contribution in [0.2, 0.25) is 0 Å². The van der Waals surface area contributed by atoms with E-state index >= 15 is 0 Å². The first-order valence-electron chi connectivity index (χ1n) is 9.36. The van der Waals surface area contributed by atoms with E-state index in [1.807, 2.05) is 12.1 Å². The number of pyridine rings is 1. The predicted molar refractivity (Wildman–Crippen MR) is 106 cm³/mol. The Kier molecular flexibility index (Phi) is 5.69. The lowest BCUT2D eigenvalue weighted by molar-refractivity contribution is -0.117. The van der Waals surface area contributed by atoms with Crippen molar-refractivity contribution in [3.63, 3.8) is 0 Å². The Bertz CT molecular complexity index is 873. The number of nitrogens with one attached hydrogen (secondary N) is 1. The number of nitrogens with zero attached hydrogens (tertiary/aromatic N) is 6. The summed E-state index contributed by atoms with van der Waals surface area (Å²) >= 11 is 0. The van der Waals surface area contributed by atoms with Crippen molar-refractivity contribution in [3.8, 4) is 5.69 Å². The molecule has 3 aromatic rings. The smallest absolute Gasteiger partial charge is 0.239 e. The van der Waals surface area contributed by atoms with Gasteiger partial charge in [0.05, 0.1) is 18.4 Å². The highest BCUT2D eigenvalue weighted by atomic mass is 16.2. The maximum absolute atomic E-state index is 12.3. The predicted octanol–water partition coefficient (Wildman–Crippen LogP) is 1.42. The van der Waals surface area contributed by atoms with Crippen molar-refractivity contribution in [1.29, 1.82) is 0 Å². The number of benzene rings is 1. The zero-order valence-electron chi connectivity index (χ0n) is 15.6. The van der Waals surface area contributed by atoms with Crippen molar-refractivity contribution in [2.24, 2.45) is 0 Å². The summed E-state index contributed by atoms with van der Waals surface area (Å²) in [6.45, 7) is 5.05. The lowest BCUT2D eigenvalue weighted by Crippen LogP contribution is -2.48. The number of carbonyl (C=O) groups excluding carboxylic acids is 1. The molecule has 3 heterocycles. The molecule has 1 aliphatic rings. The number of hydrogen-bond acceptors (Lipinski definition) is 6. The van der Waals surface area contributed by atoms with Gasteiger partial charge in [0.1, 0.15) is 18.5 Å². The van der Waals surface area contributed by atoms with Gasteiger partial charge in [-0.05, 0) is 17.7 Å². The van der Waals surface area contributed by atoms with Crippen LogP contribution < -0.4 is 5.32 Å². The van der Waals surface area contributed by atoms with E-state index in [0.717, 1.165) is 38.4 Å². The Morgan fingerprint density at radius 1 is 1.00 bits per heavy atom. The molecule has 0 spiro atoms. The fourth-order valence-electron chi connectivity index (χ4n) is 3.27. The van der Waals surface area contributed by atoms with Crippen LogP contribution in [-0.2, 0) is 11.3 Å². The van der Waals surface area contributed by atoms with Crippen LogP contribution in [0.25, 0.3) is 5.69 Å². The number of carbonyl (C=O) groups is 1. The molecule has 2 aromatic heterocycles. The number of rotatable bonds is 6. The molecule has 0 bridgehead atoms. The van der Waals surface area contributed by atoms with Crippen LogP contribution in [0.15, 0.2) is 61.3 Å². The van der Waals surface area contributed by atoms with Crippen LogP contribution in [0.1, 0.15) is 5.56 Å². The Morgan fingerprint density at radius 3 is 2.46 bits per heavy atom. The summed E-state index contributed by atoms with van der Waals surface area (Å²) in [5.41, 5.74) is 2.12. The maximum Gasteiger partial charge on any atom is 0.239 e. The second-order valence-electron chi connectivity index (χ2n) is 6.83. The van der Waals surface area contributed by atoms with Gasteiger partial charge in [0, 0.05) is 32.7 Å². The topological polar surface area (TPSA) is 79.2 Å². The Balaban J connectivity index is 1.22. The molecule has 1 aromatic carbocycles. The van der Waals surface area contributed by atoms with Gasteiger partial charge in [-0.25, -0.2) is 14.6 Å². The molecule has 0 saturated carbocycles. The quantitative estimate of drug-likeness (QED) is 0.700. The van der Waals surface area contributed by atoms with Gasteiger partial charge in [0.2, 0.25) is 5.91 Å². The van der Waals surface area contributed by atoms with Crippen LogP contribution in [0.5, 0.6) is 0 Å². The molecule has 0 unspecified atom stereocenters. The third kappa shape index (κ3) is 4.79. The molecule has 1 fully saturated rings. The molecule has 0 atom stereocenters. The summed E-state index contributed by atoms with van der Waals surface area (Å²) in [6.07, 6.45) is 4.73. The summed E-state index contributed by atoms with van der Waals surface area (Å²) in [4.78, 5) is 25.1. The first-order valence-corrected chi connectivity index (χ1v) is 9.36. The highest BCUT2D eigenvalue weighted by Crippen LogP contribution is 2.10. The second kappa shape index (κ2) is 8.73. The van der Waals surface area contributed by atoms with Crippen LogP contribution in [-0.4, -0.2) is 68.2 Å². The minimum Gasteiger partial charge on any atom is -0.310 e. The zero-order chi connectivity index (χ0) is 19.2. The molecule has 8 heteroatoms. The zero-order valence-corrected chi connectivity index (χ0v) is 15.6. The molecular formula is C20H23N7O. The van der Waals surface area contributed by atoms with Gasteiger partial charge in [-0.15, -0.1) is 0 Å². The molecule has 0 radical (unpaired) electrons. The number of hydrogen-bond donors (Lipinski definition) is 1. The number of aromatic nitrogens is 4. The molecule has 8 nitrogen and oxygen atoms in total. The highest BCUT2D eigenvalue weighted by Gasteiger charge is 2.19. The van der Waals surface area contributed by atoms with E-state index in [1.165, 1.54) is 11.9 Å². The lowest BCUT2D eigenvalue weighted by atomic mass is 10.2. The Morgan fingerprint density at radius 2 is 1.79 bits per heavy atom. The fraction of sp³-hybridized carbons (Fsp3) is 0.300. The van der Waals surface area contributed by atoms with E-state index in [-0.39, 0.29) is 5.91 Å². The van der Waals surface area contributed by atoms with E-state index < -0.39 is 0 Å². The average Bonchev–Trinajstić information content (AvgIpc) is 3.26. The molecule has 1 aliphatic heterocycles. The largest absolute Gasteiger partial charge is 0.310 e. The molecule has 28 heavy (non-hydrogen) atoms. The first kappa shape index (κ1) is 18.3. The average molecular weight is 377 g/mol. The minimum atomic E-state index is -0.0440. The number of anilines is 1. The van der Waals surface area contributed by atoms with Crippen LogP contribution >= 0.6 is 0 Å². The SMILES string of the molecule is O=C(CN1CCN(Cc2ccccc2)CC1)Nc1ccc(-n2cncn2)cn1. The van der Waals surface area contributed by atoms with E-state index in [2.05, 4.69) is 54.4 Å². The van der Waals surface area contributed by atoms with Crippen molar-refractivity contribution in [1.82, 2.24) is 29.5 Å². The standard InChI is InChI=1S/C20H23N7O/c28-20(24-19-7-6-18(12-22-19)27-16-21-15-23-27)14-26-10-8-25(9-11-26)13-17-4-2-1-3-5-17/h1-7,12,15-16H,8-11,13-14H2,(H,22,24,28). The van der Waals surface area contributed by atoms with E-state index in [9.17, 15) is 4.79 Å². The van der Waals surface area contributed by atoms with Crippen LogP contribution in [0, 0.1) is 0 Å². The Hall–Kier alpha value is -3.10. The van der Waals surface area contributed by atoms with Gasteiger partial charge >= 0.3 is 0 Å². The second-order valence-corrected chi connectivity index (χ2v) is 6.83. The molecule has 1 saturated heterocycles. The van der Waals surface area contributed by atoms with Crippen LogP contribution in [0.4, 0.5) is 5.82 Å². The fourth-order valence-corrected chi connectivity index (χ4v) is 3.27. The summed E-state index contributed by atoms with van der Waals surface area (Å²) in [5, 5.41) is 6.92. The maximum atomic E-state index is 12.3. The Labute approximate surface area is 163 Å². The van der Waals surface area contributed by atoms with Gasteiger partial charge < -0.3 is 5.32 Å². The first-order chi connectivity index (χ1) is 13.8. The normalized spacial score (nSPS) is 15.4. The molecule has 144 valence electrons. The number of amides is 1. The van der Waals surface area contributed by atoms with Gasteiger partial charge in [-0.3, -0.25) is 14.6 Å². The monoisotopic (exact) mass is 377 g/mol. The molecule has 1 N–H and O–H groups in total. The van der Waals surface area contributed by atoms with Gasteiger partial charge in [-0.2, -0.15) is 5.10 Å². The summed E-state index contributed by atoms with van der Waals surface area (Å²) < 4.78 is 1.62.